The molecule has 6 nitrogen and oxygen atoms in total. The highest BCUT2D eigenvalue weighted by atomic mass is 16.3. The van der Waals surface area contributed by atoms with Crippen molar-refractivity contribution in [2.45, 2.75) is 26.3 Å². The van der Waals surface area contributed by atoms with Gasteiger partial charge in [0.1, 0.15) is 6.26 Å². The lowest BCUT2D eigenvalue weighted by molar-refractivity contribution is 0.129. The summed E-state index contributed by atoms with van der Waals surface area (Å²) in [5, 5.41) is 12.1. The van der Waals surface area contributed by atoms with Gasteiger partial charge < -0.3 is 19.7 Å². The molecule has 3 rings (SSSR count). The summed E-state index contributed by atoms with van der Waals surface area (Å²) < 4.78 is 5.49. The highest BCUT2D eigenvalue weighted by Crippen LogP contribution is 2.19. The number of rotatable bonds is 4. The Morgan fingerprint density at radius 1 is 1.42 bits per heavy atom. The molecular formula is C18H23N3O3. The molecule has 1 aromatic heterocycles. The Morgan fingerprint density at radius 2 is 2.21 bits per heavy atom. The standard InChI is InChI=1S/C18H23N3O3/c1-13-4-6-15(7-5-13)17-20-16(12-24-17)9-19-18(23)21-8-2-3-14(10-21)11-22/h4-7,12,14,22H,2-3,8-11H2,1H3,(H,19,23). The summed E-state index contributed by atoms with van der Waals surface area (Å²) in [6, 6.07) is 7.83. The van der Waals surface area contributed by atoms with Crippen molar-refractivity contribution in [1.29, 1.82) is 0 Å². The van der Waals surface area contributed by atoms with Gasteiger partial charge >= 0.3 is 6.03 Å². The minimum atomic E-state index is -0.118. The van der Waals surface area contributed by atoms with Crippen molar-refractivity contribution < 1.29 is 14.3 Å². The lowest BCUT2D eigenvalue weighted by Gasteiger charge is -2.31. The maximum atomic E-state index is 12.2. The summed E-state index contributed by atoms with van der Waals surface area (Å²) >= 11 is 0. The molecule has 1 unspecified atom stereocenters. The number of oxazole rings is 1. The third-order valence-corrected chi connectivity index (χ3v) is 4.34. The zero-order valence-corrected chi connectivity index (χ0v) is 13.9. The molecule has 2 amide bonds. The normalized spacial score (nSPS) is 17.8. The number of benzene rings is 1. The quantitative estimate of drug-likeness (QED) is 0.903. The third kappa shape index (κ3) is 3.94. The van der Waals surface area contributed by atoms with Crippen LogP contribution in [0.4, 0.5) is 4.79 Å². The van der Waals surface area contributed by atoms with Crippen LogP contribution in [0.25, 0.3) is 11.5 Å². The van der Waals surface area contributed by atoms with E-state index >= 15 is 0 Å². The second-order valence-electron chi connectivity index (χ2n) is 6.31. The van der Waals surface area contributed by atoms with Gasteiger partial charge in [-0.3, -0.25) is 0 Å². The molecule has 6 heteroatoms. The van der Waals surface area contributed by atoms with Crippen molar-refractivity contribution >= 4 is 6.03 Å². The number of piperidine rings is 1. The van der Waals surface area contributed by atoms with E-state index in [1.165, 1.54) is 5.56 Å². The first kappa shape index (κ1) is 16.5. The van der Waals surface area contributed by atoms with Crippen molar-refractivity contribution in [3.63, 3.8) is 0 Å². The van der Waals surface area contributed by atoms with Crippen molar-refractivity contribution in [3.05, 3.63) is 41.8 Å². The van der Waals surface area contributed by atoms with Crippen LogP contribution < -0.4 is 5.32 Å². The Morgan fingerprint density at radius 3 is 2.96 bits per heavy atom. The minimum Gasteiger partial charge on any atom is -0.444 e. The summed E-state index contributed by atoms with van der Waals surface area (Å²) in [4.78, 5) is 18.4. The Labute approximate surface area is 141 Å². The van der Waals surface area contributed by atoms with E-state index in [2.05, 4.69) is 10.3 Å². The van der Waals surface area contributed by atoms with Crippen molar-refractivity contribution in [2.24, 2.45) is 5.92 Å². The predicted molar refractivity (Wildman–Crippen MR) is 90.3 cm³/mol. The van der Waals surface area contributed by atoms with Crippen molar-refractivity contribution in [1.82, 2.24) is 15.2 Å². The number of carbonyl (C=O) groups excluding carboxylic acids is 1. The van der Waals surface area contributed by atoms with Crippen LogP contribution in [0.1, 0.15) is 24.1 Å². The Hall–Kier alpha value is -2.34. The lowest BCUT2D eigenvalue weighted by Crippen LogP contribution is -2.45. The van der Waals surface area contributed by atoms with Crippen LogP contribution in [0.2, 0.25) is 0 Å². The number of aryl methyl sites for hydroxylation is 1. The van der Waals surface area contributed by atoms with E-state index in [1.54, 1.807) is 11.2 Å². The molecule has 1 fully saturated rings. The van der Waals surface area contributed by atoms with Crippen LogP contribution in [0, 0.1) is 12.8 Å². The zero-order valence-electron chi connectivity index (χ0n) is 13.9. The zero-order chi connectivity index (χ0) is 16.9. The van der Waals surface area contributed by atoms with E-state index in [-0.39, 0.29) is 18.6 Å². The number of hydrogen-bond acceptors (Lipinski definition) is 4. The van der Waals surface area contributed by atoms with Gasteiger partial charge in [0.2, 0.25) is 5.89 Å². The fourth-order valence-corrected chi connectivity index (χ4v) is 2.89. The molecule has 0 spiro atoms. The molecule has 0 bridgehead atoms. The first-order valence-electron chi connectivity index (χ1n) is 8.31. The molecule has 1 aliphatic heterocycles. The Bertz CT molecular complexity index is 681. The molecule has 1 atom stereocenters. The largest absolute Gasteiger partial charge is 0.444 e. The molecule has 2 N–H and O–H groups in total. The summed E-state index contributed by atoms with van der Waals surface area (Å²) in [5.74, 6) is 0.738. The number of nitrogens with one attached hydrogen (secondary N) is 1. The number of amides is 2. The molecule has 0 saturated carbocycles. The smallest absolute Gasteiger partial charge is 0.317 e. The van der Waals surface area contributed by atoms with Crippen molar-refractivity contribution in [2.75, 3.05) is 19.7 Å². The summed E-state index contributed by atoms with van der Waals surface area (Å²) in [5.41, 5.74) is 2.79. The van der Waals surface area contributed by atoms with Gasteiger partial charge in [-0.25, -0.2) is 9.78 Å². The van der Waals surface area contributed by atoms with Gasteiger partial charge in [-0.2, -0.15) is 0 Å². The number of aliphatic hydroxyl groups excluding tert-OH is 1. The predicted octanol–water partition coefficient (Wildman–Crippen LogP) is 2.56. The molecule has 2 heterocycles. The van der Waals surface area contributed by atoms with Crippen LogP contribution in [0.15, 0.2) is 34.9 Å². The second kappa shape index (κ2) is 7.49. The average Bonchev–Trinajstić information content (AvgIpc) is 3.09. The van der Waals surface area contributed by atoms with Gasteiger partial charge in [0, 0.05) is 25.3 Å². The van der Waals surface area contributed by atoms with E-state index in [4.69, 9.17) is 4.42 Å². The Kier molecular flexibility index (Phi) is 5.15. The van der Waals surface area contributed by atoms with E-state index < -0.39 is 0 Å². The Balaban J connectivity index is 1.55. The summed E-state index contributed by atoms with van der Waals surface area (Å²) in [6.07, 6.45) is 3.48. The van der Waals surface area contributed by atoms with E-state index in [0.29, 0.717) is 24.7 Å². The number of nitrogens with zero attached hydrogens (tertiary/aromatic N) is 2. The topological polar surface area (TPSA) is 78.6 Å². The average molecular weight is 329 g/mol. The van der Waals surface area contributed by atoms with Crippen LogP contribution in [0.5, 0.6) is 0 Å². The second-order valence-corrected chi connectivity index (χ2v) is 6.31. The maximum absolute atomic E-state index is 12.2. The first-order valence-corrected chi connectivity index (χ1v) is 8.31. The van der Waals surface area contributed by atoms with Gasteiger partial charge in [0.25, 0.3) is 0 Å². The SMILES string of the molecule is Cc1ccc(-c2nc(CNC(=O)N3CCCC(CO)C3)co2)cc1. The molecule has 1 aliphatic rings. The van der Waals surface area contributed by atoms with Crippen LogP contribution >= 0.6 is 0 Å². The van der Waals surface area contributed by atoms with E-state index in [0.717, 1.165) is 24.9 Å². The number of likely N-dealkylation sites (tertiary alicyclic amines) is 1. The first-order chi connectivity index (χ1) is 11.7. The summed E-state index contributed by atoms with van der Waals surface area (Å²) in [7, 11) is 0. The fourth-order valence-electron chi connectivity index (χ4n) is 2.89. The van der Waals surface area contributed by atoms with Crippen LogP contribution in [-0.4, -0.2) is 40.7 Å². The molecule has 0 radical (unpaired) electrons. The highest BCUT2D eigenvalue weighted by Gasteiger charge is 2.23. The van der Waals surface area contributed by atoms with Gasteiger partial charge in [-0.15, -0.1) is 0 Å². The lowest BCUT2D eigenvalue weighted by atomic mass is 9.99. The number of hydrogen-bond donors (Lipinski definition) is 2. The number of urea groups is 1. The molecule has 24 heavy (non-hydrogen) atoms. The highest BCUT2D eigenvalue weighted by molar-refractivity contribution is 5.74. The van der Waals surface area contributed by atoms with Gasteiger partial charge in [0.15, 0.2) is 0 Å². The number of aromatic nitrogens is 1. The maximum Gasteiger partial charge on any atom is 0.317 e. The molecule has 1 aromatic carbocycles. The van der Waals surface area contributed by atoms with Crippen LogP contribution in [0.3, 0.4) is 0 Å². The van der Waals surface area contributed by atoms with Gasteiger partial charge in [-0.1, -0.05) is 17.7 Å². The number of aliphatic hydroxyl groups is 1. The monoisotopic (exact) mass is 329 g/mol. The van der Waals surface area contributed by atoms with Crippen molar-refractivity contribution in [3.8, 4) is 11.5 Å². The molecular weight excluding hydrogens is 306 g/mol. The summed E-state index contributed by atoms with van der Waals surface area (Å²) in [6.45, 7) is 3.83. The molecule has 1 saturated heterocycles. The fraction of sp³-hybridized carbons (Fsp3) is 0.444. The molecule has 0 aliphatic carbocycles. The van der Waals surface area contributed by atoms with Crippen LogP contribution in [-0.2, 0) is 6.54 Å². The number of carbonyl (C=O) groups is 1. The third-order valence-electron chi connectivity index (χ3n) is 4.34. The molecule has 2 aromatic rings. The van der Waals surface area contributed by atoms with Gasteiger partial charge in [0.05, 0.1) is 12.2 Å². The molecule has 128 valence electrons. The van der Waals surface area contributed by atoms with Gasteiger partial charge in [-0.05, 0) is 37.8 Å². The van der Waals surface area contributed by atoms with E-state index in [9.17, 15) is 9.90 Å². The van der Waals surface area contributed by atoms with E-state index in [1.807, 2.05) is 31.2 Å². The minimum absolute atomic E-state index is 0.118.